The van der Waals surface area contributed by atoms with Crippen molar-refractivity contribution in [1.82, 2.24) is 4.72 Å². The van der Waals surface area contributed by atoms with Crippen LogP contribution in [-0.4, -0.2) is 47.7 Å². The highest BCUT2D eigenvalue weighted by Gasteiger charge is 2.18. The second kappa shape index (κ2) is 10.5. The van der Waals surface area contributed by atoms with Crippen molar-refractivity contribution in [3.05, 3.63) is 46.4 Å². The molecule has 0 unspecified atom stereocenters. The van der Waals surface area contributed by atoms with Gasteiger partial charge in [0, 0.05) is 6.07 Å². The molecule has 2 rings (SSSR count). The maximum Gasteiger partial charge on any atom is 0.321 e. The zero-order chi connectivity index (χ0) is 22.3. The first kappa shape index (κ1) is 23.7. The molecule has 9 nitrogen and oxygen atoms in total. The Morgan fingerprint density at radius 3 is 2.37 bits per heavy atom. The van der Waals surface area contributed by atoms with Crippen molar-refractivity contribution in [2.75, 3.05) is 32.7 Å². The standard InChI is InChI=1S/C18H18Cl2N2O7S/c1-27-11-3-6-15(16(7-11)28-2)22-17(23)10-29-18(24)9-21-30(25,26)12-4-5-13(19)14(20)8-12/h3-8,21H,9-10H2,1-2H3,(H,22,23). The monoisotopic (exact) mass is 476 g/mol. The first-order valence-corrected chi connectivity index (χ1v) is 10.5. The molecule has 0 aromatic heterocycles. The molecule has 2 aromatic rings. The molecule has 12 heteroatoms. The number of ether oxygens (including phenoxy) is 3. The number of methoxy groups -OCH3 is 2. The third-order valence-electron chi connectivity index (χ3n) is 3.65. The number of benzene rings is 2. The van der Waals surface area contributed by atoms with E-state index in [4.69, 9.17) is 37.4 Å². The molecule has 2 N–H and O–H groups in total. The van der Waals surface area contributed by atoms with Gasteiger partial charge in [-0.15, -0.1) is 0 Å². The van der Waals surface area contributed by atoms with Crippen molar-refractivity contribution in [2.24, 2.45) is 0 Å². The van der Waals surface area contributed by atoms with E-state index < -0.39 is 35.1 Å². The van der Waals surface area contributed by atoms with Crippen LogP contribution < -0.4 is 19.5 Å². The van der Waals surface area contributed by atoms with E-state index in [-0.39, 0.29) is 14.9 Å². The van der Waals surface area contributed by atoms with Crippen LogP contribution in [0, 0.1) is 0 Å². The number of rotatable bonds is 9. The molecule has 0 aliphatic carbocycles. The Hall–Kier alpha value is -2.53. The topological polar surface area (TPSA) is 120 Å². The number of amides is 1. The van der Waals surface area contributed by atoms with E-state index in [0.717, 1.165) is 6.07 Å². The lowest BCUT2D eigenvalue weighted by Gasteiger charge is -2.12. The van der Waals surface area contributed by atoms with Gasteiger partial charge in [0.05, 0.1) is 34.8 Å². The highest BCUT2D eigenvalue weighted by molar-refractivity contribution is 7.89. The lowest BCUT2D eigenvalue weighted by atomic mass is 10.2. The number of anilines is 1. The van der Waals surface area contributed by atoms with Gasteiger partial charge in [-0.3, -0.25) is 9.59 Å². The SMILES string of the molecule is COc1ccc(NC(=O)COC(=O)CNS(=O)(=O)c2ccc(Cl)c(Cl)c2)c(OC)c1. The molecular weight excluding hydrogens is 459 g/mol. The maximum absolute atomic E-state index is 12.2. The van der Waals surface area contributed by atoms with Gasteiger partial charge in [0.2, 0.25) is 10.0 Å². The summed E-state index contributed by atoms with van der Waals surface area (Å²) < 4.78 is 41.4. The zero-order valence-corrected chi connectivity index (χ0v) is 18.2. The Labute approximate surface area is 183 Å². The van der Waals surface area contributed by atoms with Crippen molar-refractivity contribution in [2.45, 2.75) is 4.90 Å². The van der Waals surface area contributed by atoms with Gasteiger partial charge in [0.25, 0.3) is 5.91 Å². The molecule has 0 heterocycles. The van der Waals surface area contributed by atoms with Crippen molar-refractivity contribution in [3.63, 3.8) is 0 Å². The Balaban J connectivity index is 1.87. The molecule has 1 amide bonds. The van der Waals surface area contributed by atoms with Gasteiger partial charge in [-0.2, -0.15) is 4.72 Å². The summed E-state index contributed by atoms with van der Waals surface area (Å²) in [5, 5.41) is 2.75. The summed E-state index contributed by atoms with van der Waals surface area (Å²) in [5.41, 5.74) is 0.347. The average molecular weight is 477 g/mol. The van der Waals surface area contributed by atoms with Gasteiger partial charge < -0.3 is 19.5 Å². The Morgan fingerprint density at radius 2 is 1.73 bits per heavy atom. The van der Waals surface area contributed by atoms with Crippen LogP contribution in [-0.2, 0) is 24.3 Å². The van der Waals surface area contributed by atoms with E-state index in [1.165, 1.54) is 26.4 Å². The smallest absolute Gasteiger partial charge is 0.321 e. The third kappa shape index (κ3) is 6.49. The first-order chi connectivity index (χ1) is 14.2. The van der Waals surface area contributed by atoms with Gasteiger partial charge in [0.1, 0.15) is 18.0 Å². The van der Waals surface area contributed by atoms with E-state index in [1.54, 1.807) is 18.2 Å². The van der Waals surface area contributed by atoms with Crippen LogP contribution >= 0.6 is 23.2 Å². The lowest BCUT2D eigenvalue weighted by Crippen LogP contribution is -2.32. The van der Waals surface area contributed by atoms with Gasteiger partial charge >= 0.3 is 5.97 Å². The molecule has 0 fully saturated rings. The van der Waals surface area contributed by atoms with E-state index in [1.807, 2.05) is 0 Å². The van der Waals surface area contributed by atoms with Crippen LogP contribution in [0.2, 0.25) is 10.0 Å². The summed E-state index contributed by atoms with van der Waals surface area (Å²) in [6.45, 7) is -1.30. The number of hydrogen-bond donors (Lipinski definition) is 2. The fourth-order valence-corrected chi connectivity index (χ4v) is 3.52. The molecule has 0 saturated carbocycles. The van der Waals surface area contributed by atoms with Crippen LogP contribution in [0.15, 0.2) is 41.3 Å². The fourth-order valence-electron chi connectivity index (χ4n) is 2.17. The summed E-state index contributed by atoms with van der Waals surface area (Å²) in [5.74, 6) is -0.705. The summed E-state index contributed by atoms with van der Waals surface area (Å²) in [6.07, 6.45) is 0. The normalized spacial score (nSPS) is 10.9. The van der Waals surface area contributed by atoms with Crippen molar-refractivity contribution in [1.29, 1.82) is 0 Å². The zero-order valence-electron chi connectivity index (χ0n) is 15.9. The Morgan fingerprint density at radius 1 is 1.00 bits per heavy atom. The second-order valence-corrected chi connectivity index (χ2v) is 8.26. The third-order valence-corrected chi connectivity index (χ3v) is 5.79. The number of carbonyl (C=O) groups excluding carboxylic acids is 2. The van der Waals surface area contributed by atoms with Crippen LogP contribution in [0.1, 0.15) is 0 Å². The van der Waals surface area contributed by atoms with E-state index in [9.17, 15) is 18.0 Å². The van der Waals surface area contributed by atoms with E-state index in [0.29, 0.717) is 17.2 Å². The fraction of sp³-hybridized carbons (Fsp3) is 0.222. The number of sulfonamides is 1. The summed E-state index contributed by atoms with van der Waals surface area (Å²) in [6, 6.07) is 8.43. The van der Waals surface area contributed by atoms with Crippen LogP contribution in [0.4, 0.5) is 5.69 Å². The van der Waals surface area contributed by atoms with Crippen LogP contribution in [0.25, 0.3) is 0 Å². The van der Waals surface area contributed by atoms with Gasteiger partial charge in [-0.25, -0.2) is 8.42 Å². The predicted octanol–water partition coefficient (Wildman–Crippen LogP) is 2.47. The molecule has 0 atom stereocenters. The first-order valence-electron chi connectivity index (χ1n) is 8.28. The summed E-state index contributed by atoms with van der Waals surface area (Å²) in [7, 11) is -1.11. The molecule has 2 aromatic carbocycles. The average Bonchev–Trinajstić information content (AvgIpc) is 2.73. The molecule has 0 aliphatic heterocycles. The van der Waals surface area contributed by atoms with E-state index in [2.05, 4.69) is 10.0 Å². The number of nitrogens with one attached hydrogen (secondary N) is 2. The molecule has 0 radical (unpaired) electrons. The number of esters is 1. The molecule has 0 bridgehead atoms. The van der Waals surface area contributed by atoms with Crippen molar-refractivity contribution >= 4 is 50.8 Å². The largest absolute Gasteiger partial charge is 0.497 e. The number of carbonyl (C=O) groups is 2. The Kier molecular flexibility index (Phi) is 8.30. The quantitative estimate of drug-likeness (QED) is 0.533. The highest BCUT2D eigenvalue weighted by Crippen LogP contribution is 2.29. The summed E-state index contributed by atoms with van der Waals surface area (Å²) in [4.78, 5) is 23.6. The van der Waals surface area contributed by atoms with Crippen LogP contribution in [0.5, 0.6) is 11.5 Å². The molecule has 0 saturated heterocycles. The predicted molar refractivity (Wildman–Crippen MR) is 111 cm³/mol. The van der Waals surface area contributed by atoms with Crippen molar-refractivity contribution in [3.8, 4) is 11.5 Å². The van der Waals surface area contributed by atoms with Gasteiger partial charge in [0.15, 0.2) is 6.61 Å². The highest BCUT2D eigenvalue weighted by atomic mass is 35.5. The number of halogens is 2. The second-order valence-electron chi connectivity index (χ2n) is 5.68. The van der Waals surface area contributed by atoms with E-state index >= 15 is 0 Å². The molecule has 162 valence electrons. The van der Waals surface area contributed by atoms with Crippen molar-refractivity contribution < 1.29 is 32.2 Å². The molecular formula is C18H18Cl2N2O7S. The minimum atomic E-state index is -4.02. The summed E-state index contributed by atoms with van der Waals surface area (Å²) >= 11 is 11.5. The minimum absolute atomic E-state index is 0.0488. The Bertz CT molecular complexity index is 1040. The molecule has 0 spiro atoms. The maximum atomic E-state index is 12.2. The molecule has 30 heavy (non-hydrogen) atoms. The molecule has 0 aliphatic rings. The van der Waals surface area contributed by atoms with Crippen LogP contribution in [0.3, 0.4) is 0 Å². The van der Waals surface area contributed by atoms with Gasteiger partial charge in [-0.1, -0.05) is 23.2 Å². The minimum Gasteiger partial charge on any atom is -0.497 e. The van der Waals surface area contributed by atoms with Gasteiger partial charge in [-0.05, 0) is 30.3 Å². The number of hydrogen-bond acceptors (Lipinski definition) is 7. The lowest BCUT2D eigenvalue weighted by molar-refractivity contribution is -0.146.